The number of carbonyl (C=O) groups is 2. The Morgan fingerprint density at radius 3 is 2.12 bits per heavy atom. The average molecular weight is 459 g/mol. The van der Waals surface area contributed by atoms with Gasteiger partial charge in [-0.25, -0.2) is 4.39 Å². The van der Waals surface area contributed by atoms with Crippen molar-refractivity contribution in [1.82, 2.24) is 4.90 Å². The molecule has 2 heterocycles. The molecule has 8 heteroatoms. The predicted molar refractivity (Wildman–Crippen MR) is 116 cm³/mol. The molecule has 0 saturated carbocycles. The van der Waals surface area contributed by atoms with Gasteiger partial charge in [-0.15, -0.1) is 0 Å². The van der Waals surface area contributed by atoms with Gasteiger partial charge in [0, 0.05) is 23.2 Å². The van der Waals surface area contributed by atoms with Crippen molar-refractivity contribution in [2.75, 3.05) is 0 Å². The number of likely N-dealkylation sites (tertiary alicyclic amines) is 1. The summed E-state index contributed by atoms with van der Waals surface area (Å²) in [7, 11) is 0. The SMILES string of the molecule is O=C1C(=O)N(Cc2ccccc2)[C@]23C1=C(c1ccc(F)cc1)O[C@@]2(O)c1ccccc1C3(O)O. The molecule has 1 saturated heterocycles. The first kappa shape index (κ1) is 20.7. The largest absolute Gasteiger partial charge is 0.454 e. The van der Waals surface area contributed by atoms with Crippen LogP contribution in [0, 0.1) is 5.82 Å². The summed E-state index contributed by atoms with van der Waals surface area (Å²) in [6.07, 6.45) is 0. The summed E-state index contributed by atoms with van der Waals surface area (Å²) in [4.78, 5) is 27.8. The Hall–Kier alpha value is -3.85. The monoisotopic (exact) mass is 459 g/mol. The summed E-state index contributed by atoms with van der Waals surface area (Å²) in [5.74, 6) is -8.18. The van der Waals surface area contributed by atoms with Gasteiger partial charge in [0.2, 0.25) is 11.3 Å². The molecule has 34 heavy (non-hydrogen) atoms. The quantitative estimate of drug-likeness (QED) is 0.408. The minimum atomic E-state index is -2.88. The molecule has 1 aliphatic carbocycles. The first-order valence-electron chi connectivity index (χ1n) is 10.6. The molecule has 2 atom stereocenters. The molecular formula is C26H18FNO6. The third-order valence-corrected chi connectivity index (χ3v) is 6.86. The molecule has 3 aromatic carbocycles. The number of ketones is 1. The van der Waals surface area contributed by atoms with Crippen LogP contribution in [0.3, 0.4) is 0 Å². The number of amides is 1. The fraction of sp³-hybridized carbons (Fsp3) is 0.154. The van der Waals surface area contributed by atoms with E-state index < -0.39 is 34.6 Å². The number of rotatable bonds is 3. The van der Waals surface area contributed by atoms with Gasteiger partial charge in [0.1, 0.15) is 11.6 Å². The lowest BCUT2D eigenvalue weighted by Gasteiger charge is -2.45. The summed E-state index contributed by atoms with van der Waals surface area (Å²) < 4.78 is 19.6. The van der Waals surface area contributed by atoms with Gasteiger partial charge in [0.25, 0.3) is 17.5 Å². The first-order chi connectivity index (χ1) is 16.2. The number of nitrogens with zero attached hydrogens (tertiary/aromatic N) is 1. The average Bonchev–Trinajstić information content (AvgIpc) is 3.31. The topological polar surface area (TPSA) is 107 Å². The molecule has 3 aliphatic rings. The minimum absolute atomic E-state index is 0.00942. The van der Waals surface area contributed by atoms with Crippen LogP contribution in [0.25, 0.3) is 5.76 Å². The maximum atomic E-state index is 13.6. The molecule has 3 aromatic rings. The number of aliphatic hydroxyl groups is 3. The summed E-state index contributed by atoms with van der Waals surface area (Å²) in [6.45, 7) is -0.200. The number of Topliss-reactive ketones (excluding diaryl/α,β-unsaturated/α-hetero) is 1. The Kier molecular flexibility index (Phi) is 4.03. The van der Waals surface area contributed by atoms with Crippen LogP contribution in [0.15, 0.2) is 84.4 Å². The first-order valence-corrected chi connectivity index (χ1v) is 10.6. The van der Waals surface area contributed by atoms with E-state index in [-0.39, 0.29) is 34.6 Å². The maximum Gasteiger partial charge on any atom is 0.296 e. The van der Waals surface area contributed by atoms with Crippen molar-refractivity contribution >= 4 is 17.4 Å². The molecule has 1 spiro atoms. The van der Waals surface area contributed by atoms with Crippen molar-refractivity contribution < 1.29 is 34.0 Å². The number of ether oxygens (including phenoxy) is 1. The van der Waals surface area contributed by atoms with E-state index in [1.54, 1.807) is 42.5 Å². The molecule has 0 radical (unpaired) electrons. The van der Waals surface area contributed by atoms with Crippen LogP contribution >= 0.6 is 0 Å². The maximum absolute atomic E-state index is 13.6. The van der Waals surface area contributed by atoms with Gasteiger partial charge < -0.3 is 25.0 Å². The Bertz CT molecular complexity index is 1400. The summed E-state index contributed by atoms with van der Waals surface area (Å²) >= 11 is 0. The molecule has 1 fully saturated rings. The normalized spacial score (nSPS) is 26.4. The lowest BCUT2D eigenvalue weighted by Crippen LogP contribution is -2.66. The standard InChI is InChI=1S/C26H18FNO6/c27-17-12-10-16(11-13-17)22-20-21(29)23(30)28(14-15-6-2-1-3-7-15)24(20)25(31,32)18-8-4-5-9-19(18)26(24,33)34-22/h1-13,31-33H,14H2/t24-,26-/m0/s1. The van der Waals surface area contributed by atoms with Crippen molar-refractivity contribution in [3.63, 3.8) is 0 Å². The van der Waals surface area contributed by atoms with Crippen molar-refractivity contribution in [2.45, 2.75) is 23.7 Å². The van der Waals surface area contributed by atoms with Gasteiger partial charge in [-0.3, -0.25) is 9.59 Å². The number of halogens is 1. The summed E-state index contributed by atoms with van der Waals surface area (Å²) in [6, 6.07) is 19.6. The molecule has 0 unspecified atom stereocenters. The van der Waals surface area contributed by atoms with E-state index in [2.05, 4.69) is 0 Å². The second-order valence-corrected chi connectivity index (χ2v) is 8.59. The molecule has 3 N–H and O–H groups in total. The Morgan fingerprint density at radius 2 is 1.44 bits per heavy atom. The Morgan fingerprint density at radius 1 is 0.824 bits per heavy atom. The van der Waals surface area contributed by atoms with Gasteiger partial charge in [-0.1, -0.05) is 54.6 Å². The number of hydrogen-bond donors (Lipinski definition) is 3. The third kappa shape index (κ3) is 2.24. The Labute approximate surface area is 193 Å². The molecule has 2 aliphatic heterocycles. The number of hydrogen-bond acceptors (Lipinski definition) is 6. The van der Waals surface area contributed by atoms with E-state index >= 15 is 0 Å². The lowest BCUT2D eigenvalue weighted by atomic mass is 9.78. The van der Waals surface area contributed by atoms with Crippen molar-refractivity contribution in [1.29, 1.82) is 0 Å². The smallest absolute Gasteiger partial charge is 0.296 e. The van der Waals surface area contributed by atoms with Crippen molar-refractivity contribution in [3.8, 4) is 0 Å². The molecule has 7 nitrogen and oxygen atoms in total. The van der Waals surface area contributed by atoms with Crippen molar-refractivity contribution in [3.05, 3.63) is 113 Å². The van der Waals surface area contributed by atoms with Crippen LogP contribution in [-0.2, 0) is 32.4 Å². The zero-order chi connectivity index (χ0) is 23.9. The van der Waals surface area contributed by atoms with Gasteiger partial charge in [0.15, 0.2) is 0 Å². The second kappa shape index (κ2) is 6.60. The van der Waals surface area contributed by atoms with E-state index in [0.29, 0.717) is 5.56 Å². The minimum Gasteiger partial charge on any atom is -0.454 e. The zero-order valence-corrected chi connectivity index (χ0v) is 17.6. The van der Waals surface area contributed by atoms with E-state index in [4.69, 9.17) is 4.74 Å². The molecule has 6 rings (SSSR count). The highest BCUT2D eigenvalue weighted by Gasteiger charge is 2.85. The third-order valence-electron chi connectivity index (χ3n) is 6.86. The second-order valence-electron chi connectivity index (χ2n) is 8.59. The van der Waals surface area contributed by atoms with Gasteiger partial charge >= 0.3 is 0 Å². The fourth-order valence-electron chi connectivity index (χ4n) is 5.46. The van der Waals surface area contributed by atoms with Crippen LogP contribution in [-0.4, -0.2) is 37.4 Å². The zero-order valence-electron chi connectivity index (χ0n) is 17.6. The number of carbonyl (C=O) groups excluding carboxylic acids is 2. The lowest BCUT2D eigenvalue weighted by molar-refractivity contribution is -0.313. The van der Waals surface area contributed by atoms with Crippen molar-refractivity contribution in [2.24, 2.45) is 0 Å². The summed E-state index contributed by atoms with van der Waals surface area (Å²) in [5.41, 5.74) is -2.05. The fourth-order valence-corrected chi connectivity index (χ4v) is 5.46. The predicted octanol–water partition coefficient (Wildman–Crippen LogP) is 1.91. The van der Waals surface area contributed by atoms with Crippen LogP contribution < -0.4 is 0 Å². The van der Waals surface area contributed by atoms with E-state index in [0.717, 1.165) is 17.0 Å². The molecule has 170 valence electrons. The van der Waals surface area contributed by atoms with E-state index in [1.807, 2.05) is 0 Å². The number of benzene rings is 3. The Balaban J connectivity index is 1.68. The van der Waals surface area contributed by atoms with Crippen LogP contribution in [0.2, 0.25) is 0 Å². The molecule has 0 aromatic heterocycles. The molecule has 1 amide bonds. The van der Waals surface area contributed by atoms with E-state index in [1.165, 1.54) is 24.3 Å². The van der Waals surface area contributed by atoms with E-state index in [9.17, 15) is 29.3 Å². The highest BCUT2D eigenvalue weighted by Crippen LogP contribution is 2.67. The van der Waals surface area contributed by atoms with Crippen LogP contribution in [0.4, 0.5) is 4.39 Å². The summed E-state index contributed by atoms with van der Waals surface area (Å²) in [5, 5.41) is 35.3. The van der Waals surface area contributed by atoms with Crippen LogP contribution in [0.1, 0.15) is 22.3 Å². The molecular weight excluding hydrogens is 441 g/mol. The molecule has 0 bridgehead atoms. The van der Waals surface area contributed by atoms with Gasteiger partial charge in [-0.2, -0.15) is 0 Å². The number of fused-ring (bicyclic) bond motifs is 2. The van der Waals surface area contributed by atoms with Gasteiger partial charge in [-0.05, 0) is 29.8 Å². The highest BCUT2D eigenvalue weighted by atomic mass is 19.1. The van der Waals surface area contributed by atoms with Gasteiger partial charge in [0.05, 0.1) is 5.57 Å². The highest BCUT2D eigenvalue weighted by molar-refractivity contribution is 6.48. The van der Waals surface area contributed by atoms with Crippen LogP contribution in [0.5, 0.6) is 0 Å².